The predicted octanol–water partition coefficient (Wildman–Crippen LogP) is 2.15. The van der Waals surface area contributed by atoms with Gasteiger partial charge in [-0.1, -0.05) is 12.1 Å². The fourth-order valence-corrected chi connectivity index (χ4v) is 3.20. The molecule has 0 aliphatic carbocycles. The smallest absolute Gasteiger partial charge is 0.256 e. The molecule has 0 bridgehead atoms. The van der Waals surface area contributed by atoms with Crippen LogP contribution in [0.2, 0.25) is 0 Å². The first-order valence-corrected chi connectivity index (χ1v) is 9.15. The summed E-state index contributed by atoms with van der Waals surface area (Å²) in [6.45, 7) is 0. The standard InChI is InChI=1S/C14H11BrN4O3S/c1-23(21,22)14-18-17-12-7-6-9(8-19(12)14)16-13(20)10-4-2-3-5-11(10)15/h2-8H,1H3,(H,16,20). The second kappa shape index (κ2) is 5.74. The molecule has 1 amide bonds. The first-order chi connectivity index (χ1) is 10.9. The lowest BCUT2D eigenvalue weighted by molar-refractivity contribution is 0.102. The summed E-state index contributed by atoms with van der Waals surface area (Å²) in [4.78, 5) is 12.3. The number of nitrogens with zero attached hydrogens (tertiary/aromatic N) is 3. The summed E-state index contributed by atoms with van der Waals surface area (Å²) in [7, 11) is -3.52. The number of pyridine rings is 1. The molecular weight excluding hydrogens is 384 g/mol. The third kappa shape index (κ3) is 3.10. The van der Waals surface area contributed by atoms with Crippen LogP contribution in [0.5, 0.6) is 0 Å². The molecule has 118 valence electrons. The molecule has 0 aliphatic rings. The monoisotopic (exact) mass is 394 g/mol. The molecule has 9 heteroatoms. The quantitative estimate of drug-likeness (QED) is 0.734. The summed E-state index contributed by atoms with van der Waals surface area (Å²) in [5.41, 5.74) is 1.28. The maximum atomic E-state index is 12.3. The van der Waals surface area contributed by atoms with Crippen LogP contribution in [0, 0.1) is 0 Å². The molecule has 1 aromatic carbocycles. The fourth-order valence-electron chi connectivity index (χ4n) is 2.04. The summed E-state index contributed by atoms with van der Waals surface area (Å²) in [6, 6.07) is 10.2. The molecule has 0 saturated carbocycles. The van der Waals surface area contributed by atoms with Crippen molar-refractivity contribution in [2.75, 3.05) is 11.6 Å². The minimum atomic E-state index is -3.52. The number of carbonyl (C=O) groups is 1. The Morgan fingerprint density at radius 3 is 2.61 bits per heavy atom. The average molecular weight is 395 g/mol. The van der Waals surface area contributed by atoms with E-state index in [9.17, 15) is 13.2 Å². The van der Waals surface area contributed by atoms with Crippen molar-refractivity contribution in [1.29, 1.82) is 0 Å². The first-order valence-electron chi connectivity index (χ1n) is 6.47. The van der Waals surface area contributed by atoms with Crippen LogP contribution >= 0.6 is 15.9 Å². The highest BCUT2D eigenvalue weighted by molar-refractivity contribution is 9.10. The first kappa shape index (κ1) is 15.6. The van der Waals surface area contributed by atoms with E-state index in [-0.39, 0.29) is 11.1 Å². The Kier molecular flexibility index (Phi) is 3.90. The number of amides is 1. The molecule has 23 heavy (non-hydrogen) atoms. The van der Waals surface area contributed by atoms with Gasteiger partial charge in [-0.3, -0.25) is 9.20 Å². The number of benzene rings is 1. The van der Waals surface area contributed by atoms with Gasteiger partial charge in [0, 0.05) is 16.9 Å². The Hall–Kier alpha value is -2.26. The van der Waals surface area contributed by atoms with Gasteiger partial charge < -0.3 is 5.32 Å². The second-order valence-corrected chi connectivity index (χ2v) is 7.60. The van der Waals surface area contributed by atoms with E-state index in [0.717, 1.165) is 6.26 Å². The Labute approximate surface area is 140 Å². The maximum absolute atomic E-state index is 12.3. The number of hydrogen-bond donors (Lipinski definition) is 1. The van der Waals surface area contributed by atoms with E-state index < -0.39 is 9.84 Å². The van der Waals surface area contributed by atoms with Crippen molar-refractivity contribution in [2.45, 2.75) is 5.16 Å². The van der Waals surface area contributed by atoms with Gasteiger partial charge >= 0.3 is 0 Å². The highest BCUT2D eigenvalue weighted by Gasteiger charge is 2.17. The van der Waals surface area contributed by atoms with Crippen LogP contribution in [0.25, 0.3) is 5.65 Å². The summed E-state index contributed by atoms with van der Waals surface area (Å²) >= 11 is 3.32. The van der Waals surface area contributed by atoms with Gasteiger partial charge in [-0.15, -0.1) is 10.2 Å². The summed E-state index contributed by atoms with van der Waals surface area (Å²) < 4.78 is 25.4. The molecule has 0 saturated heterocycles. The number of fused-ring (bicyclic) bond motifs is 1. The Balaban J connectivity index is 1.98. The van der Waals surface area contributed by atoms with Crippen molar-refractivity contribution >= 4 is 43.0 Å². The van der Waals surface area contributed by atoms with Gasteiger partial charge in [-0.05, 0) is 40.2 Å². The number of carbonyl (C=O) groups excluding carboxylic acids is 1. The maximum Gasteiger partial charge on any atom is 0.256 e. The largest absolute Gasteiger partial charge is 0.321 e. The number of aromatic nitrogens is 3. The minimum absolute atomic E-state index is 0.176. The Bertz CT molecular complexity index is 1010. The van der Waals surface area contributed by atoms with Gasteiger partial charge in [0.05, 0.1) is 11.3 Å². The number of halogens is 1. The van der Waals surface area contributed by atoms with Gasteiger partial charge in [0.15, 0.2) is 5.65 Å². The van der Waals surface area contributed by atoms with Gasteiger partial charge in [-0.2, -0.15) is 0 Å². The normalized spacial score (nSPS) is 11.6. The summed E-state index contributed by atoms with van der Waals surface area (Å²) in [5.74, 6) is -0.314. The molecule has 7 nitrogen and oxygen atoms in total. The molecule has 2 heterocycles. The zero-order chi connectivity index (χ0) is 16.6. The minimum Gasteiger partial charge on any atom is -0.321 e. The Morgan fingerprint density at radius 2 is 1.91 bits per heavy atom. The zero-order valence-corrected chi connectivity index (χ0v) is 14.3. The highest BCUT2D eigenvalue weighted by Crippen LogP contribution is 2.19. The number of nitrogens with one attached hydrogen (secondary N) is 1. The molecule has 0 atom stereocenters. The SMILES string of the molecule is CS(=O)(=O)c1nnc2ccc(NC(=O)c3ccccc3Br)cn12. The van der Waals surface area contributed by atoms with Crippen molar-refractivity contribution in [3.63, 3.8) is 0 Å². The molecule has 0 fully saturated rings. The number of anilines is 1. The molecule has 3 aromatic rings. The van der Waals surface area contributed by atoms with Crippen LogP contribution in [0.1, 0.15) is 10.4 Å². The molecule has 1 N–H and O–H groups in total. The van der Waals surface area contributed by atoms with Gasteiger partial charge in [0.2, 0.25) is 9.84 Å². The predicted molar refractivity (Wildman–Crippen MR) is 88.2 cm³/mol. The van der Waals surface area contributed by atoms with E-state index in [0.29, 0.717) is 21.4 Å². The molecule has 3 rings (SSSR count). The van der Waals surface area contributed by atoms with Crippen LogP contribution in [0.3, 0.4) is 0 Å². The molecular formula is C14H11BrN4O3S. The van der Waals surface area contributed by atoms with E-state index in [1.165, 1.54) is 10.6 Å². The molecule has 2 aromatic heterocycles. The van der Waals surface area contributed by atoms with Crippen LogP contribution in [-0.4, -0.2) is 35.2 Å². The van der Waals surface area contributed by atoms with Gasteiger partial charge in [0.25, 0.3) is 11.1 Å². The lowest BCUT2D eigenvalue weighted by Gasteiger charge is -2.07. The van der Waals surface area contributed by atoms with Crippen molar-refractivity contribution < 1.29 is 13.2 Å². The number of sulfone groups is 1. The van der Waals surface area contributed by atoms with Gasteiger partial charge in [-0.25, -0.2) is 8.42 Å². The van der Waals surface area contributed by atoms with Crippen LogP contribution in [0.4, 0.5) is 5.69 Å². The fraction of sp³-hybridized carbons (Fsp3) is 0.0714. The number of hydrogen-bond acceptors (Lipinski definition) is 5. The summed E-state index contributed by atoms with van der Waals surface area (Å²) in [5, 5.41) is 10.00. The zero-order valence-electron chi connectivity index (χ0n) is 11.9. The van der Waals surface area contributed by atoms with Crippen LogP contribution in [-0.2, 0) is 9.84 Å². The van der Waals surface area contributed by atoms with Crippen LogP contribution in [0.15, 0.2) is 52.2 Å². The van der Waals surface area contributed by atoms with Gasteiger partial charge in [0.1, 0.15) is 0 Å². The average Bonchev–Trinajstić information content (AvgIpc) is 2.90. The lowest BCUT2D eigenvalue weighted by atomic mass is 10.2. The third-order valence-corrected chi connectivity index (χ3v) is 4.71. The second-order valence-electron chi connectivity index (χ2n) is 4.83. The molecule has 0 radical (unpaired) electrons. The summed E-state index contributed by atoms with van der Waals surface area (Å²) in [6.07, 6.45) is 2.52. The molecule has 0 spiro atoms. The Morgan fingerprint density at radius 1 is 1.17 bits per heavy atom. The van der Waals surface area contributed by atoms with E-state index in [1.807, 2.05) is 6.07 Å². The molecule has 0 unspecified atom stereocenters. The van der Waals surface area contributed by atoms with Crippen molar-refractivity contribution in [1.82, 2.24) is 14.6 Å². The van der Waals surface area contributed by atoms with Crippen molar-refractivity contribution in [3.8, 4) is 0 Å². The van der Waals surface area contributed by atoms with Crippen molar-refractivity contribution in [3.05, 3.63) is 52.6 Å². The third-order valence-electron chi connectivity index (χ3n) is 3.08. The topological polar surface area (TPSA) is 93.4 Å². The van der Waals surface area contributed by atoms with Crippen molar-refractivity contribution in [2.24, 2.45) is 0 Å². The van der Waals surface area contributed by atoms with E-state index in [4.69, 9.17) is 0 Å². The lowest BCUT2D eigenvalue weighted by Crippen LogP contribution is -2.13. The van der Waals surface area contributed by atoms with E-state index in [2.05, 4.69) is 31.4 Å². The van der Waals surface area contributed by atoms with E-state index >= 15 is 0 Å². The number of rotatable bonds is 3. The van der Waals surface area contributed by atoms with Crippen LogP contribution < -0.4 is 5.32 Å². The van der Waals surface area contributed by atoms with E-state index in [1.54, 1.807) is 30.3 Å². The molecule has 0 aliphatic heterocycles. The highest BCUT2D eigenvalue weighted by atomic mass is 79.9.